The number of sulfonamides is 1. The van der Waals surface area contributed by atoms with Crippen molar-refractivity contribution in [3.63, 3.8) is 0 Å². The zero-order chi connectivity index (χ0) is 20.1. The summed E-state index contributed by atoms with van der Waals surface area (Å²) in [5.41, 5.74) is 0.438. The van der Waals surface area contributed by atoms with Gasteiger partial charge in [0, 0.05) is 18.7 Å². The number of nitrogens with zero attached hydrogens (tertiary/aromatic N) is 1. The fraction of sp³-hybridized carbons (Fsp3) is 0.438. The molecule has 0 bridgehead atoms. The molecule has 144 valence electrons. The Bertz CT molecular complexity index is 774. The molecule has 0 fully saturated rings. The fourth-order valence-corrected chi connectivity index (χ4v) is 3.38. The number of carbonyl (C=O) groups is 3. The van der Waals surface area contributed by atoms with Crippen LogP contribution in [0.1, 0.15) is 27.7 Å². The first-order chi connectivity index (χ1) is 11.9. The van der Waals surface area contributed by atoms with Crippen molar-refractivity contribution in [1.82, 2.24) is 9.62 Å². The van der Waals surface area contributed by atoms with Gasteiger partial charge < -0.3 is 15.3 Å². The molecular weight excluding hydrogens is 362 g/mol. The lowest BCUT2D eigenvalue weighted by Crippen LogP contribution is -2.50. The summed E-state index contributed by atoms with van der Waals surface area (Å²) < 4.78 is 27.1. The largest absolute Gasteiger partial charge is 0.480 e. The number of hydrogen-bond donors (Lipinski definition) is 3. The molecule has 2 amide bonds. The molecule has 1 aromatic rings. The minimum atomic E-state index is -4.00. The number of carboxylic acid groups (broad SMARTS) is 1. The van der Waals surface area contributed by atoms with Crippen molar-refractivity contribution in [3.05, 3.63) is 24.3 Å². The summed E-state index contributed by atoms with van der Waals surface area (Å²) in [4.78, 5) is 35.3. The van der Waals surface area contributed by atoms with Crippen LogP contribution in [-0.4, -0.2) is 54.8 Å². The fourth-order valence-electron chi connectivity index (χ4n) is 2.18. The molecule has 0 aliphatic carbocycles. The van der Waals surface area contributed by atoms with Crippen LogP contribution < -0.4 is 10.0 Å². The Morgan fingerprint density at radius 2 is 1.65 bits per heavy atom. The monoisotopic (exact) mass is 385 g/mol. The zero-order valence-electron chi connectivity index (χ0n) is 15.0. The van der Waals surface area contributed by atoms with Gasteiger partial charge >= 0.3 is 5.97 Å². The summed E-state index contributed by atoms with van der Waals surface area (Å²) in [6.07, 6.45) is 0. The van der Waals surface area contributed by atoms with Crippen molar-refractivity contribution in [2.24, 2.45) is 0 Å². The highest BCUT2D eigenvalue weighted by atomic mass is 32.2. The van der Waals surface area contributed by atoms with Crippen molar-refractivity contribution in [2.45, 2.75) is 44.7 Å². The molecule has 3 N–H and O–H groups in total. The number of benzene rings is 1. The van der Waals surface area contributed by atoms with Crippen molar-refractivity contribution in [1.29, 1.82) is 0 Å². The second kappa shape index (κ2) is 8.77. The van der Waals surface area contributed by atoms with Crippen LogP contribution in [0.4, 0.5) is 5.69 Å². The number of carbonyl (C=O) groups excluding carboxylic acids is 2. The van der Waals surface area contributed by atoms with Gasteiger partial charge in [0.1, 0.15) is 6.54 Å². The molecule has 0 saturated carbocycles. The predicted molar refractivity (Wildman–Crippen MR) is 95.0 cm³/mol. The quantitative estimate of drug-likeness (QED) is 0.601. The van der Waals surface area contributed by atoms with Crippen LogP contribution in [0.5, 0.6) is 0 Å². The van der Waals surface area contributed by atoms with Crippen molar-refractivity contribution < 1.29 is 27.9 Å². The molecule has 1 unspecified atom stereocenters. The number of aliphatic carboxylic acids is 1. The van der Waals surface area contributed by atoms with E-state index in [1.54, 1.807) is 13.8 Å². The highest BCUT2D eigenvalue weighted by Crippen LogP contribution is 2.15. The van der Waals surface area contributed by atoms with Gasteiger partial charge in [-0.3, -0.25) is 14.4 Å². The summed E-state index contributed by atoms with van der Waals surface area (Å²) in [7, 11) is -4.00. The standard InChI is InChI=1S/C16H23N3O6S/c1-10(2)19(9-15(21)22)16(23)11(3)18-26(24,25)14-7-5-13(6-8-14)17-12(4)20/h5-8,10-11,18H,9H2,1-4H3,(H,17,20)(H,21,22). The van der Waals surface area contributed by atoms with E-state index in [0.29, 0.717) is 5.69 Å². The van der Waals surface area contributed by atoms with Gasteiger partial charge in [0.25, 0.3) is 0 Å². The molecule has 1 rings (SSSR count). The lowest BCUT2D eigenvalue weighted by Gasteiger charge is -2.28. The number of hydrogen-bond acceptors (Lipinski definition) is 5. The lowest BCUT2D eigenvalue weighted by atomic mass is 10.2. The summed E-state index contributed by atoms with van der Waals surface area (Å²) in [5.74, 6) is -2.11. The average Bonchev–Trinajstić information content (AvgIpc) is 2.51. The third-order valence-corrected chi connectivity index (χ3v) is 4.96. The maximum absolute atomic E-state index is 12.4. The molecule has 0 aromatic heterocycles. The molecular formula is C16H23N3O6S. The third-order valence-electron chi connectivity index (χ3n) is 3.40. The average molecular weight is 385 g/mol. The van der Waals surface area contributed by atoms with Gasteiger partial charge in [-0.25, -0.2) is 8.42 Å². The summed E-state index contributed by atoms with van der Waals surface area (Å²) >= 11 is 0. The van der Waals surface area contributed by atoms with Crippen molar-refractivity contribution >= 4 is 33.5 Å². The van der Waals surface area contributed by atoms with Gasteiger partial charge in [0.05, 0.1) is 10.9 Å². The Kier molecular flexibility index (Phi) is 7.28. The first kappa shape index (κ1) is 21.6. The molecule has 0 radical (unpaired) electrons. The molecule has 0 saturated heterocycles. The van der Waals surface area contributed by atoms with E-state index in [0.717, 1.165) is 4.90 Å². The highest BCUT2D eigenvalue weighted by molar-refractivity contribution is 7.89. The van der Waals surface area contributed by atoms with E-state index >= 15 is 0 Å². The number of amides is 2. The van der Waals surface area contributed by atoms with E-state index in [4.69, 9.17) is 5.11 Å². The maximum atomic E-state index is 12.4. The van der Waals surface area contributed by atoms with E-state index in [-0.39, 0.29) is 10.8 Å². The van der Waals surface area contributed by atoms with Gasteiger partial charge in [-0.15, -0.1) is 0 Å². The van der Waals surface area contributed by atoms with Crippen LogP contribution in [0, 0.1) is 0 Å². The van der Waals surface area contributed by atoms with Crippen molar-refractivity contribution in [2.75, 3.05) is 11.9 Å². The molecule has 1 atom stereocenters. The second-order valence-electron chi connectivity index (χ2n) is 6.00. The third kappa shape index (κ3) is 6.12. The first-order valence-corrected chi connectivity index (χ1v) is 9.34. The highest BCUT2D eigenvalue weighted by Gasteiger charge is 2.28. The zero-order valence-corrected chi connectivity index (χ0v) is 15.8. The number of anilines is 1. The van der Waals surface area contributed by atoms with Crippen LogP contribution in [-0.2, 0) is 24.4 Å². The topological polar surface area (TPSA) is 133 Å². The van der Waals surface area contributed by atoms with Crippen molar-refractivity contribution in [3.8, 4) is 0 Å². The van der Waals surface area contributed by atoms with Crippen LogP contribution in [0.2, 0.25) is 0 Å². The number of carboxylic acids is 1. The summed E-state index contributed by atoms with van der Waals surface area (Å²) in [6.45, 7) is 5.44. The van der Waals surface area contributed by atoms with E-state index in [1.165, 1.54) is 38.1 Å². The van der Waals surface area contributed by atoms with E-state index in [9.17, 15) is 22.8 Å². The first-order valence-electron chi connectivity index (χ1n) is 7.86. The second-order valence-corrected chi connectivity index (χ2v) is 7.72. The number of nitrogens with one attached hydrogen (secondary N) is 2. The smallest absolute Gasteiger partial charge is 0.323 e. The van der Waals surface area contributed by atoms with Crippen LogP contribution in [0.15, 0.2) is 29.2 Å². The summed E-state index contributed by atoms with van der Waals surface area (Å²) in [5, 5.41) is 11.4. The predicted octanol–water partition coefficient (Wildman–Crippen LogP) is 0.633. The van der Waals surface area contributed by atoms with Crippen LogP contribution in [0.25, 0.3) is 0 Å². The normalized spacial score (nSPS) is 12.5. The molecule has 0 heterocycles. The minimum absolute atomic E-state index is 0.0828. The Labute approximate surface area is 152 Å². The maximum Gasteiger partial charge on any atom is 0.323 e. The van der Waals surface area contributed by atoms with Gasteiger partial charge in [0.15, 0.2) is 0 Å². The Morgan fingerprint density at radius 1 is 1.12 bits per heavy atom. The lowest BCUT2D eigenvalue weighted by molar-refractivity contribution is -0.146. The Balaban J connectivity index is 2.92. The Hall–Kier alpha value is -2.46. The number of rotatable bonds is 8. The SMILES string of the molecule is CC(=O)Nc1ccc(S(=O)(=O)NC(C)C(=O)N(CC(=O)O)C(C)C)cc1. The van der Waals surface area contributed by atoms with Gasteiger partial charge in [-0.1, -0.05) is 0 Å². The minimum Gasteiger partial charge on any atom is -0.480 e. The van der Waals surface area contributed by atoms with Gasteiger partial charge in [0.2, 0.25) is 21.8 Å². The molecule has 0 aliphatic rings. The van der Waals surface area contributed by atoms with Gasteiger partial charge in [-0.2, -0.15) is 4.72 Å². The molecule has 10 heteroatoms. The molecule has 9 nitrogen and oxygen atoms in total. The van der Waals surface area contributed by atoms with Gasteiger partial charge in [-0.05, 0) is 45.0 Å². The molecule has 0 aliphatic heterocycles. The summed E-state index contributed by atoms with van der Waals surface area (Å²) in [6, 6.07) is 3.89. The Morgan fingerprint density at radius 3 is 2.08 bits per heavy atom. The van der Waals surface area contributed by atoms with E-state index in [1.807, 2.05) is 0 Å². The molecule has 0 spiro atoms. The van der Waals surface area contributed by atoms with E-state index < -0.39 is 40.5 Å². The van der Waals surface area contributed by atoms with Crippen LogP contribution in [0.3, 0.4) is 0 Å². The van der Waals surface area contributed by atoms with E-state index in [2.05, 4.69) is 10.0 Å². The molecule has 26 heavy (non-hydrogen) atoms. The molecule has 1 aromatic carbocycles. The van der Waals surface area contributed by atoms with Crippen LogP contribution >= 0.6 is 0 Å².